The first-order valence-corrected chi connectivity index (χ1v) is 8.78. The molecular formula is C20H13F11O. The fraction of sp³-hybridized carbons (Fsp3) is 0.400. The van der Waals surface area contributed by atoms with Gasteiger partial charge in [0.1, 0.15) is 5.60 Å². The van der Waals surface area contributed by atoms with Gasteiger partial charge in [0.15, 0.2) is 0 Å². The van der Waals surface area contributed by atoms with Crippen molar-refractivity contribution in [2.24, 2.45) is 0 Å². The number of benzene rings is 2. The average molecular weight is 478 g/mol. The third kappa shape index (κ3) is 2.49. The van der Waals surface area contributed by atoms with Crippen molar-refractivity contribution >= 4 is 0 Å². The zero-order valence-corrected chi connectivity index (χ0v) is 15.8. The van der Waals surface area contributed by atoms with Crippen molar-refractivity contribution in [3.63, 3.8) is 0 Å². The molecule has 1 fully saturated rings. The van der Waals surface area contributed by atoms with Crippen molar-refractivity contribution in [1.82, 2.24) is 0 Å². The van der Waals surface area contributed by atoms with Crippen LogP contribution >= 0.6 is 0 Å². The summed E-state index contributed by atoms with van der Waals surface area (Å²) in [5.74, 6) is -36.2. The Bertz CT molecular complexity index is 985. The van der Waals surface area contributed by atoms with Gasteiger partial charge in [-0.05, 0) is 29.7 Å². The van der Waals surface area contributed by atoms with E-state index < -0.39 is 46.4 Å². The quantitative estimate of drug-likeness (QED) is 0.503. The highest BCUT2D eigenvalue weighted by Crippen LogP contribution is 2.72. The Morgan fingerprint density at radius 1 is 0.562 bits per heavy atom. The van der Waals surface area contributed by atoms with E-state index in [9.17, 15) is 49.0 Å². The van der Waals surface area contributed by atoms with Crippen LogP contribution in [0, 0.1) is 0 Å². The molecule has 1 aliphatic carbocycles. The number of hydrogen-bond donors (Lipinski definition) is 1. The summed E-state index contributed by atoms with van der Waals surface area (Å²) >= 11 is 0. The number of hydrogen-bond acceptors (Lipinski definition) is 1. The first kappa shape index (κ1) is 24.3. The molecule has 1 atom stereocenters. The van der Waals surface area contributed by atoms with Crippen LogP contribution in [0.1, 0.15) is 12.5 Å². The lowest BCUT2D eigenvalue weighted by atomic mass is 9.63. The van der Waals surface area contributed by atoms with Crippen LogP contribution in [0.3, 0.4) is 0 Å². The van der Waals surface area contributed by atoms with Crippen molar-refractivity contribution in [3.8, 4) is 11.1 Å². The van der Waals surface area contributed by atoms with Gasteiger partial charge in [0.05, 0.1) is 0 Å². The predicted molar refractivity (Wildman–Crippen MR) is 90.0 cm³/mol. The van der Waals surface area contributed by atoms with Crippen molar-refractivity contribution in [2.45, 2.75) is 47.8 Å². The van der Waals surface area contributed by atoms with Crippen molar-refractivity contribution in [1.29, 1.82) is 0 Å². The SMILES string of the molecule is CC(O)(c1cccc(-c2ccccc2)c1)C1(F)C(F)(F)C(F)(F)C(F)(F)C(F)(F)C1(F)F. The average Bonchev–Trinajstić information content (AvgIpc) is 2.72. The summed E-state index contributed by atoms with van der Waals surface area (Å²) in [6, 6.07) is 10.6. The third-order valence-electron chi connectivity index (χ3n) is 5.65. The summed E-state index contributed by atoms with van der Waals surface area (Å²) in [6.45, 7) is -0.186. The van der Waals surface area contributed by atoms with E-state index in [1.807, 2.05) is 0 Å². The Hall–Kier alpha value is -2.37. The summed E-state index contributed by atoms with van der Waals surface area (Å²) in [5, 5.41) is 10.4. The van der Waals surface area contributed by atoms with Gasteiger partial charge in [-0.3, -0.25) is 0 Å². The molecular weight excluding hydrogens is 465 g/mol. The second-order valence-corrected chi connectivity index (χ2v) is 7.55. The highest BCUT2D eigenvalue weighted by Gasteiger charge is 3.03. The molecule has 2 aromatic carbocycles. The maximum Gasteiger partial charge on any atom is 0.384 e. The van der Waals surface area contributed by atoms with Crippen LogP contribution in [-0.2, 0) is 5.60 Å². The Labute approximate surface area is 173 Å². The van der Waals surface area contributed by atoms with Crippen LogP contribution in [0.5, 0.6) is 0 Å². The molecule has 32 heavy (non-hydrogen) atoms. The standard InChI is InChI=1S/C20H13F11O/c1-14(32,13-9-5-8-12(10-13)11-6-3-2-4-7-11)15(21)16(22,23)18(26,27)20(30,31)19(28,29)17(15,24)25/h2-10,32H,1H3. The van der Waals surface area contributed by atoms with Gasteiger partial charge in [0.2, 0.25) is 0 Å². The number of halogens is 11. The molecule has 1 unspecified atom stereocenters. The maximum atomic E-state index is 15.4. The van der Waals surface area contributed by atoms with Crippen LogP contribution < -0.4 is 0 Å². The van der Waals surface area contributed by atoms with Crippen LogP contribution in [0.15, 0.2) is 54.6 Å². The molecule has 0 radical (unpaired) electrons. The minimum atomic E-state index is -7.34. The third-order valence-corrected chi connectivity index (χ3v) is 5.65. The largest absolute Gasteiger partial charge is 0.384 e. The summed E-state index contributed by atoms with van der Waals surface area (Å²) in [7, 11) is 0. The van der Waals surface area contributed by atoms with Gasteiger partial charge < -0.3 is 5.11 Å². The van der Waals surface area contributed by atoms with Crippen LogP contribution in [-0.4, -0.2) is 40.4 Å². The molecule has 0 aliphatic heterocycles. The van der Waals surface area contributed by atoms with Crippen LogP contribution in [0.2, 0.25) is 0 Å². The Morgan fingerprint density at radius 3 is 1.44 bits per heavy atom. The molecule has 1 nitrogen and oxygen atoms in total. The van der Waals surface area contributed by atoms with Gasteiger partial charge in [-0.1, -0.05) is 48.5 Å². The van der Waals surface area contributed by atoms with E-state index in [4.69, 9.17) is 0 Å². The first-order valence-electron chi connectivity index (χ1n) is 8.78. The van der Waals surface area contributed by atoms with Gasteiger partial charge in [-0.15, -0.1) is 0 Å². The summed E-state index contributed by atoms with van der Waals surface area (Å²) in [4.78, 5) is 0. The molecule has 0 bridgehead atoms. The Morgan fingerprint density at radius 2 is 0.969 bits per heavy atom. The van der Waals surface area contributed by atoms with Gasteiger partial charge in [-0.2, -0.15) is 43.9 Å². The molecule has 0 heterocycles. The van der Waals surface area contributed by atoms with E-state index in [0.717, 1.165) is 6.07 Å². The molecule has 0 spiro atoms. The smallest absolute Gasteiger partial charge is 0.382 e. The second-order valence-electron chi connectivity index (χ2n) is 7.55. The molecule has 0 amide bonds. The molecule has 1 N–H and O–H groups in total. The van der Waals surface area contributed by atoms with E-state index >= 15 is 4.39 Å². The highest BCUT2D eigenvalue weighted by molar-refractivity contribution is 5.64. The van der Waals surface area contributed by atoms with Gasteiger partial charge in [0.25, 0.3) is 5.67 Å². The first-order chi connectivity index (χ1) is 14.3. The van der Waals surface area contributed by atoms with Crippen molar-refractivity contribution in [3.05, 3.63) is 60.2 Å². The minimum absolute atomic E-state index is 0.0294. The van der Waals surface area contributed by atoms with E-state index in [1.165, 1.54) is 30.3 Å². The van der Waals surface area contributed by atoms with Crippen LogP contribution in [0.4, 0.5) is 48.3 Å². The summed E-state index contributed by atoms with van der Waals surface area (Å²) in [5.41, 5.74) is -12.1. The fourth-order valence-electron chi connectivity index (χ4n) is 3.66. The molecule has 12 heteroatoms. The van der Waals surface area contributed by atoms with Gasteiger partial charge >= 0.3 is 29.6 Å². The monoisotopic (exact) mass is 478 g/mol. The topological polar surface area (TPSA) is 20.2 Å². The molecule has 176 valence electrons. The number of rotatable bonds is 3. The number of aliphatic hydroxyl groups is 1. The molecule has 0 saturated heterocycles. The normalized spacial score (nSPS) is 26.2. The zero-order valence-electron chi connectivity index (χ0n) is 15.8. The minimum Gasteiger partial charge on any atom is -0.382 e. The Kier molecular flexibility index (Phi) is 4.99. The van der Waals surface area contributed by atoms with Gasteiger partial charge in [0, 0.05) is 0 Å². The second kappa shape index (κ2) is 6.58. The van der Waals surface area contributed by atoms with E-state index in [-0.39, 0.29) is 18.1 Å². The van der Waals surface area contributed by atoms with Crippen molar-refractivity contribution < 1.29 is 53.4 Å². The van der Waals surface area contributed by atoms with Gasteiger partial charge in [-0.25, -0.2) is 4.39 Å². The summed E-state index contributed by atoms with van der Waals surface area (Å²) < 4.78 is 155. The fourth-order valence-corrected chi connectivity index (χ4v) is 3.66. The van der Waals surface area contributed by atoms with Crippen LogP contribution in [0.25, 0.3) is 11.1 Å². The zero-order chi connectivity index (χ0) is 24.6. The summed E-state index contributed by atoms with van der Waals surface area (Å²) in [6.07, 6.45) is 0. The predicted octanol–water partition coefficient (Wildman–Crippen LogP) is 6.46. The maximum absolute atomic E-state index is 15.4. The molecule has 0 aromatic heterocycles. The molecule has 2 aromatic rings. The lowest BCUT2D eigenvalue weighted by Crippen LogP contribution is -2.87. The van der Waals surface area contributed by atoms with E-state index in [0.29, 0.717) is 12.1 Å². The molecule has 1 saturated carbocycles. The molecule has 1 aliphatic rings. The Balaban J connectivity index is 2.31. The van der Waals surface area contributed by atoms with E-state index in [2.05, 4.69) is 0 Å². The lowest BCUT2D eigenvalue weighted by Gasteiger charge is -2.56. The molecule has 3 rings (SSSR count). The van der Waals surface area contributed by atoms with E-state index in [1.54, 1.807) is 6.07 Å². The van der Waals surface area contributed by atoms with Crippen molar-refractivity contribution in [2.75, 3.05) is 0 Å². The highest BCUT2D eigenvalue weighted by atomic mass is 19.4. The number of alkyl halides is 11. The lowest BCUT2D eigenvalue weighted by molar-refractivity contribution is -0.502.